The van der Waals surface area contributed by atoms with Crippen LogP contribution in [0, 0.1) is 11.6 Å². The smallest absolute Gasteiger partial charge is 0.123 e. The third-order valence-corrected chi connectivity index (χ3v) is 7.29. The SMILES string of the molecule is Fc1ccc(C(CCCN2CCN(CCOC3CCCCC3)CC2)c2ccc(F)cc2)cc1. The fraction of sp³-hybridized carbons (Fsp3) is 0.571. The molecule has 0 amide bonds. The fourth-order valence-electron chi connectivity index (χ4n) is 5.25. The Bertz CT molecular complexity index is 767. The maximum atomic E-state index is 13.4. The van der Waals surface area contributed by atoms with Crippen LogP contribution in [-0.2, 0) is 4.74 Å². The summed E-state index contributed by atoms with van der Waals surface area (Å²) in [5.41, 5.74) is 2.18. The van der Waals surface area contributed by atoms with E-state index in [2.05, 4.69) is 9.80 Å². The summed E-state index contributed by atoms with van der Waals surface area (Å²) >= 11 is 0. The van der Waals surface area contributed by atoms with Crippen LogP contribution < -0.4 is 0 Å². The first-order valence-electron chi connectivity index (χ1n) is 12.7. The lowest BCUT2D eigenvalue weighted by atomic mass is 9.87. The summed E-state index contributed by atoms with van der Waals surface area (Å²) in [6.07, 6.45) is 9.02. The van der Waals surface area contributed by atoms with Gasteiger partial charge in [0, 0.05) is 38.6 Å². The fourth-order valence-corrected chi connectivity index (χ4v) is 5.25. The lowest BCUT2D eigenvalue weighted by Crippen LogP contribution is -2.47. The number of nitrogens with zero attached hydrogens (tertiary/aromatic N) is 2. The van der Waals surface area contributed by atoms with Crippen LogP contribution in [0.3, 0.4) is 0 Å². The summed E-state index contributed by atoms with van der Waals surface area (Å²) in [4.78, 5) is 5.07. The molecule has 1 saturated heterocycles. The van der Waals surface area contributed by atoms with E-state index < -0.39 is 0 Å². The van der Waals surface area contributed by atoms with Crippen molar-refractivity contribution in [1.29, 1.82) is 0 Å². The van der Waals surface area contributed by atoms with Gasteiger partial charge in [0.05, 0.1) is 12.7 Å². The minimum Gasteiger partial charge on any atom is -0.377 e. The summed E-state index contributed by atoms with van der Waals surface area (Å²) in [5.74, 6) is -0.290. The van der Waals surface area contributed by atoms with Gasteiger partial charge in [0.25, 0.3) is 0 Å². The van der Waals surface area contributed by atoms with Gasteiger partial charge >= 0.3 is 0 Å². The second kappa shape index (κ2) is 12.6. The highest BCUT2D eigenvalue weighted by atomic mass is 19.1. The van der Waals surface area contributed by atoms with E-state index in [0.29, 0.717) is 6.10 Å². The van der Waals surface area contributed by atoms with E-state index in [1.165, 1.54) is 56.4 Å². The minimum absolute atomic E-state index is 0.157. The summed E-state index contributed by atoms with van der Waals surface area (Å²) in [6, 6.07) is 13.5. The van der Waals surface area contributed by atoms with E-state index in [0.717, 1.165) is 69.8 Å². The topological polar surface area (TPSA) is 15.7 Å². The quantitative estimate of drug-likeness (QED) is 0.446. The Hall–Kier alpha value is -1.82. The van der Waals surface area contributed by atoms with E-state index in [4.69, 9.17) is 4.74 Å². The Morgan fingerprint density at radius 2 is 1.24 bits per heavy atom. The molecular formula is C28H38F2N2O. The van der Waals surface area contributed by atoms with Crippen LogP contribution in [0.2, 0.25) is 0 Å². The molecule has 0 unspecified atom stereocenters. The van der Waals surface area contributed by atoms with Crippen LogP contribution in [0.5, 0.6) is 0 Å². The first-order valence-corrected chi connectivity index (χ1v) is 12.7. The predicted molar refractivity (Wildman–Crippen MR) is 130 cm³/mol. The van der Waals surface area contributed by atoms with Gasteiger partial charge in [-0.1, -0.05) is 43.5 Å². The summed E-state index contributed by atoms with van der Waals surface area (Å²) in [7, 11) is 0. The highest BCUT2D eigenvalue weighted by molar-refractivity contribution is 5.32. The molecule has 0 radical (unpaired) electrons. The van der Waals surface area contributed by atoms with Gasteiger partial charge in [-0.25, -0.2) is 8.78 Å². The van der Waals surface area contributed by atoms with Crippen molar-refractivity contribution in [3.05, 3.63) is 71.3 Å². The molecule has 3 nitrogen and oxygen atoms in total. The normalized spacial score (nSPS) is 18.8. The molecule has 1 aliphatic heterocycles. The molecule has 2 fully saturated rings. The van der Waals surface area contributed by atoms with Crippen molar-refractivity contribution in [2.24, 2.45) is 0 Å². The van der Waals surface area contributed by atoms with Crippen LogP contribution in [-0.4, -0.2) is 61.8 Å². The first-order chi connectivity index (χ1) is 16.2. The number of piperazine rings is 1. The standard InChI is InChI=1S/C28H38F2N2O/c29-25-12-8-23(9-13-25)28(24-10-14-26(30)15-11-24)7-4-16-31-17-19-32(20-18-31)21-22-33-27-5-2-1-3-6-27/h8-15,27-28H,1-7,16-22H2. The van der Waals surface area contributed by atoms with Crippen LogP contribution in [0.15, 0.2) is 48.5 Å². The second-order valence-corrected chi connectivity index (χ2v) is 9.61. The van der Waals surface area contributed by atoms with Crippen molar-refractivity contribution < 1.29 is 13.5 Å². The van der Waals surface area contributed by atoms with Gasteiger partial charge in [-0.15, -0.1) is 0 Å². The Kier molecular flexibility index (Phi) is 9.27. The molecule has 1 aliphatic carbocycles. The molecule has 4 rings (SSSR count). The Balaban J connectivity index is 1.20. The summed E-state index contributed by atoms with van der Waals surface area (Å²) < 4.78 is 33.0. The highest BCUT2D eigenvalue weighted by Crippen LogP contribution is 2.30. The monoisotopic (exact) mass is 456 g/mol. The number of ether oxygens (including phenoxy) is 1. The molecule has 0 atom stereocenters. The van der Waals surface area contributed by atoms with E-state index in [1.54, 1.807) is 0 Å². The van der Waals surface area contributed by atoms with E-state index in [9.17, 15) is 8.78 Å². The Labute approximate surface area is 197 Å². The van der Waals surface area contributed by atoms with E-state index in [-0.39, 0.29) is 17.6 Å². The molecule has 0 aromatic heterocycles. The number of hydrogen-bond donors (Lipinski definition) is 0. The molecule has 1 saturated carbocycles. The van der Waals surface area contributed by atoms with Crippen molar-refractivity contribution in [3.63, 3.8) is 0 Å². The molecule has 33 heavy (non-hydrogen) atoms. The highest BCUT2D eigenvalue weighted by Gasteiger charge is 2.20. The maximum absolute atomic E-state index is 13.4. The molecule has 2 aromatic carbocycles. The third-order valence-electron chi connectivity index (χ3n) is 7.29. The largest absolute Gasteiger partial charge is 0.377 e. The lowest BCUT2D eigenvalue weighted by molar-refractivity contribution is 0.00922. The molecule has 1 heterocycles. The number of halogens is 2. The molecule has 180 valence electrons. The third kappa shape index (κ3) is 7.59. The zero-order valence-electron chi connectivity index (χ0n) is 19.7. The van der Waals surface area contributed by atoms with E-state index in [1.807, 2.05) is 24.3 Å². The van der Waals surface area contributed by atoms with Crippen molar-refractivity contribution in [2.45, 2.75) is 57.0 Å². The number of hydrogen-bond acceptors (Lipinski definition) is 3. The molecule has 0 N–H and O–H groups in total. The zero-order valence-corrected chi connectivity index (χ0v) is 19.7. The predicted octanol–water partition coefficient (Wildman–Crippen LogP) is 5.84. The average Bonchev–Trinajstić information content (AvgIpc) is 2.85. The molecule has 2 aromatic rings. The van der Waals surface area contributed by atoms with Crippen molar-refractivity contribution in [3.8, 4) is 0 Å². The molecule has 0 spiro atoms. The minimum atomic E-state index is -0.224. The summed E-state index contributed by atoms with van der Waals surface area (Å²) in [6.45, 7) is 7.37. The maximum Gasteiger partial charge on any atom is 0.123 e. The van der Waals surface area contributed by atoms with Crippen LogP contribution in [0.4, 0.5) is 8.78 Å². The number of benzene rings is 2. The molecule has 5 heteroatoms. The Morgan fingerprint density at radius 1 is 0.727 bits per heavy atom. The average molecular weight is 457 g/mol. The Morgan fingerprint density at radius 3 is 1.79 bits per heavy atom. The zero-order chi connectivity index (χ0) is 22.9. The molecular weight excluding hydrogens is 418 g/mol. The van der Waals surface area contributed by atoms with Crippen LogP contribution in [0.25, 0.3) is 0 Å². The van der Waals surface area contributed by atoms with Gasteiger partial charge in [-0.2, -0.15) is 0 Å². The van der Waals surface area contributed by atoms with Gasteiger partial charge in [0.15, 0.2) is 0 Å². The van der Waals surface area contributed by atoms with Gasteiger partial charge in [-0.3, -0.25) is 4.90 Å². The van der Waals surface area contributed by atoms with Gasteiger partial charge in [-0.05, 0) is 67.6 Å². The van der Waals surface area contributed by atoms with Gasteiger partial charge < -0.3 is 9.64 Å². The van der Waals surface area contributed by atoms with Crippen LogP contribution >= 0.6 is 0 Å². The van der Waals surface area contributed by atoms with Gasteiger partial charge in [0.2, 0.25) is 0 Å². The summed E-state index contributed by atoms with van der Waals surface area (Å²) in [5, 5.41) is 0. The molecule has 0 bridgehead atoms. The molecule has 2 aliphatic rings. The van der Waals surface area contributed by atoms with Crippen molar-refractivity contribution in [2.75, 3.05) is 45.9 Å². The number of rotatable bonds is 10. The van der Waals surface area contributed by atoms with E-state index >= 15 is 0 Å². The van der Waals surface area contributed by atoms with Crippen LogP contribution in [0.1, 0.15) is 62.0 Å². The van der Waals surface area contributed by atoms with Gasteiger partial charge in [0.1, 0.15) is 11.6 Å². The first kappa shape index (κ1) is 24.3. The second-order valence-electron chi connectivity index (χ2n) is 9.61. The van der Waals surface area contributed by atoms with Crippen molar-refractivity contribution in [1.82, 2.24) is 9.80 Å². The van der Waals surface area contributed by atoms with Crippen molar-refractivity contribution >= 4 is 0 Å². The lowest BCUT2D eigenvalue weighted by Gasteiger charge is -2.35.